The first kappa shape index (κ1) is 20.8. The van der Waals surface area contributed by atoms with Gasteiger partial charge < -0.3 is 19.7 Å². The lowest BCUT2D eigenvalue weighted by Crippen LogP contribution is -2.40. The van der Waals surface area contributed by atoms with Crippen LogP contribution in [-0.4, -0.2) is 45.4 Å². The summed E-state index contributed by atoms with van der Waals surface area (Å²) in [6, 6.07) is 4.23. The van der Waals surface area contributed by atoms with Crippen molar-refractivity contribution in [1.82, 2.24) is 14.9 Å². The second-order valence-electron chi connectivity index (χ2n) is 8.73. The number of allylic oxidation sites excluding steroid dienone is 1. The van der Waals surface area contributed by atoms with Crippen molar-refractivity contribution in [2.24, 2.45) is 5.92 Å². The van der Waals surface area contributed by atoms with E-state index in [4.69, 9.17) is 4.74 Å². The fourth-order valence-electron chi connectivity index (χ4n) is 4.19. The van der Waals surface area contributed by atoms with E-state index in [1.165, 1.54) is 0 Å². The maximum Gasteiger partial charge on any atom is 0.251 e. The fraction of sp³-hybridized carbons (Fsp3) is 0.500. The topological polar surface area (TPSA) is 76.4 Å². The van der Waals surface area contributed by atoms with E-state index in [-0.39, 0.29) is 24.0 Å². The molecule has 2 N–H and O–H groups in total. The van der Waals surface area contributed by atoms with Crippen LogP contribution in [0.2, 0.25) is 0 Å². The largest absolute Gasteiger partial charge is 0.390 e. The monoisotopic (exact) mass is 409 g/mol. The standard InChI is InChI=1S/C24H31N3O3/c1-16(2)23(28)14-30-20-8-6-18(7-9-20)26-24(29)22-13-19(27-11-10-25-15-27)12-17-4-3-5-21(17)22/h3-4,10-13,15-16,18,20,23,28H,5-9,14H2,1-2H3,(H,26,29). The highest BCUT2D eigenvalue weighted by Gasteiger charge is 2.26. The Balaban J connectivity index is 1.37. The summed E-state index contributed by atoms with van der Waals surface area (Å²) in [4.78, 5) is 17.3. The van der Waals surface area contributed by atoms with Crippen LogP contribution in [0.5, 0.6) is 0 Å². The van der Waals surface area contributed by atoms with Gasteiger partial charge in [-0.25, -0.2) is 4.98 Å². The highest BCUT2D eigenvalue weighted by atomic mass is 16.5. The first-order chi connectivity index (χ1) is 14.5. The molecule has 1 aromatic carbocycles. The molecule has 0 radical (unpaired) electrons. The summed E-state index contributed by atoms with van der Waals surface area (Å²) in [6.07, 6.45) is 13.7. The Morgan fingerprint density at radius 2 is 2.10 bits per heavy atom. The average molecular weight is 410 g/mol. The van der Waals surface area contributed by atoms with Crippen molar-refractivity contribution in [1.29, 1.82) is 0 Å². The molecule has 6 heteroatoms. The molecule has 1 amide bonds. The molecular formula is C24H31N3O3. The summed E-state index contributed by atoms with van der Waals surface area (Å²) in [5.74, 6) is 0.200. The number of benzene rings is 1. The van der Waals surface area contributed by atoms with Gasteiger partial charge in [-0.1, -0.05) is 26.0 Å². The van der Waals surface area contributed by atoms with Gasteiger partial charge in [-0.2, -0.15) is 0 Å². The molecular weight excluding hydrogens is 378 g/mol. The molecule has 160 valence electrons. The molecule has 2 aliphatic rings. The average Bonchev–Trinajstić information content (AvgIpc) is 3.43. The lowest BCUT2D eigenvalue weighted by Gasteiger charge is -2.30. The molecule has 0 spiro atoms. The van der Waals surface area contributed by atoms with Gasteiger partial charge >= 0.3 is 0 Å². The van der Waals surface area contributed by atoms with Gasteiger partial charge in [-0.15, -0.1) is 0 Å². The van der Waals surface area contributed by atoms with Crippen LogP contribution in [0.4, 0.5) is 0 Å². The fourth-order valence-corrected chi connectivity index (χ4v) is 4.19. The third-order valence-corrected chi connectivity index (χ3v) is 6.22. The number of aromatic nitrogens is 2. The number of nitrogens with one attached hydrogen (secondary N) is 1. The molecule has 4 rings (SSSR count). The summed E-state index contributed by atoms with van der Waals surface area (Å²) in [5, 5.41) is 13.2. The Kier molecular flexibility index (Phi) is 6.35. The van der Waals surface area contributed by atoms with Crippen LogP contribution in [0.1, 0.15) is 61.0 Å². The molecule has 0 saturated heterocycles. The number of fused-ring (bicyclic) bond motifs is 1. The highest BCUT2D eigenvalue weighted by Crippen LogP contribution is 2.28. The molecule has 2 aromatic rings. The first-order valence-corrected chi connectivity index (χ1v) is 10.9. The van der Waals surface area contributed by atoms with Crippen LogP contribution in [0.3, 0.4) is 0 Å². The Labute approximate surface area is 178 Å². The van der Waals surface area contributed by atoms with E-state index in [0.717, 1.165) is 54.5 Å². The van der Waals surface area contributed by atoms with Crippen LogP contribution in [0.25, 0.3) is 11.8 Å². The number of carbonyl (C=O) groups excluding carboxylic acids is 1. The number of aliphatic hydroxyl groups excluding tert-OH is 1. The number of imidazole rings is 1. The van der Waals surface area contributed by atoms with Gasteiger partial charge in [-0.05, 0) is 61.3 Å². The number of nitrogens with zero attached hydrogens (tertiary/aromatic N) is 2. The second kappa shape index (κ2) is 9.14. The Morgan fingerprint density at radius 3 is 2.80 bits per heavy atom. The lowest BCUT2D eigenvalue weighted by molar-refractivity contribution is -0.0399. The summed E-state index contributed by atoms with van der Waals surface area (Å²) in [6.45, 7) is 4.38. The third-order valence-electron chi connectivity index (χ3n) is 6.22. The SMILES string of the molecule is CC(C)C(O)COC1CCC(NC(=O)c2cc(-n3ccnc3)cc3c2CC=C3)CC1. The summed E-state index contributed by atoms with van der Waals surface area (Å²) < 4.78 is 7.81. The predicted molar refractivity (Wildman–Crippen MR) is 117 cm³/mol. The smallest absolute Gasteiger partial charge is 0.251 e. The zero-order chi connectivity index (χ0) is 21.1. The van der Waals surface area contributed by atoms with Crippen molar-refractivity contribution in [3.63, 3.8) is 0 Å². The van der Waals surface area contributed by atoms with E-state index in [2.05, 4.69) is 28.5 Å². The normalized spacial score (nSPS) is 21.6. The highest BCUT2D eigenvalue weighted by molar-refractivity contribution is 5.98. The zero-order valence-electron chi connectivity index (χ0n) is 17.8. The Morgan fingerprint density at radius 1 is 1.30 bits per heavy atom. The van der Waals surface area contributed by atoms with Crippen LogP contribution in [0, 0.1) is 5.92 Å². The number of hydrogen-bond acceptors (Lipinski definition) is 4. The maximum atomic E-state index is 13.1. The first-order valence-electron chi connectivity index (χ1n) is 10.9. The van der Waals surface area contributed by atoms with E-state index in [1.807, 2.05) is 30.7 Å². The van der Waals surface area contributed by atoms with Gasteiger partial charge in [0.25, 0.3) is 5.91 Å². The van der Waals surface area contributed by atoms with Crippen molar-refractivity contribution in [2.75, 3.05) is 6.61 Å². The van der Waals surface area contributed by atoms with E-state index in [0.29, 0.717) is 6.61 Å². The summed E-state index contributed by atoms with van der Waals surface area (Å²) in [5.41, 5.74) is 3.90. The molecule has 0 bridgehead atoms. The van der Waals surface area contributed by atoms with Gasteiger partial charge in [-0.3, -0.25) is 4.79 Å². The molecule has 2 aliphatic carbocycles. The third kappa shape index (κ3) is 4.65. The molecule has 30 heavy (non-hydrogen) atoms. The van der Waals surface area contributed by atoms with Crippen molar-refractivity contribution in [3.8, 4) is 5.69 Å². The second-order valence-corrected chi connectivity index (χ2v) is 8.73. The lowest BCUT2D eigenvalue weighted by atomic mass is 9.92. The molecule has 1 fully saturated rings. The number of hydrogen-bond donors (Lipinski definition) is 2. The van der Waals surface area contributed by atoms with Crippen LogP contribution in [0.15, 0.2) is 36.9 Å². The van der Waals surface area contributed by atoms with Crippen molar-refractivity contribution >= 4 is 12.0 Å². The minimum Gasteiger partial charge on any atom is -0.390 e. The predicted octanol–water partition coefficient (Wildman–Crippen LogP) is 3.52. The van der Waals surface area contributed by atoms with E-state index < -0.39 is 6.10 Å². The minimum atomic E-state index is -0.416. The van der Waals surface area contributed by atoms with Gasteiger partial charge in [0.15, 0.2) is 0 Å². The number of carbonyl (C=O) groups is 1. The van der Waals surface area contributed by atoms with Crippen molar-refractivity contribution in [3.05, 3.63) is 53.6 Å². The summed E-state index contributed by atoms with van der Waals surface area (Å²) in [7, 11) is 0. The van der Waals surface area contributed by atoms with E-state index in [1.54, 1.807) is 12.5 Å². The van der Waals surface area contributed by atoms with E-state index >= 15 is 0 Å². The molecule has 1 heterocycles. The van der Waals surface area contributed by atoms with Gasteiger partial charge in [0.1, 0.15) is 0 Å². The van der Waals surface area contributed by atoms with Gasteiger partial charge in [0.2, 0.25) is 0 Å². The van der Waals surface area contributed by atoms with Crippen LogP contribution >= 0.6 is 0 Å². The van der Waals surface area contributed by atoms with Crippen LogP contribution in [-0.2, 0) is 11.2 Å². The Hall–Kier alpha value is -2.44. The molecule has 1 aromatic heterocycles. The molecule has 1 unspecified atom stereocenters. The molecule has 1 atom stereocenters. The quantitative estimate of drug-likeness (QED) is 0.734. The van der Waals surface area contributed by atoms with Crippen LogP contribution < -0.4 is 5.32 Å². The number of amides is 1. The minimum absolute atomic E-state index is 0.00323. The summed E-state index contributed by atoms with van der Waals surface area (Å²) >= 11 is 0. The Bertz CT molecular complexity index is 897. The molecule has 0 aliphatic heterocycles. The van der Waals surface area contributed by atoms with Crippen molar-refractivity contribution in [2.45, 2.75) is 64.2 Å². The zero-order valence-corrected chi connectivity index (χ0v) is 17.8. The number of ether oxygens (including phenoxy) is 1. The molecule has 1 saturated carbocycles. The van der Waals surface area contributed by atoms with E-state index in [9.17, 15) is 9.90 Å². The van der Waals surface area contributed by atoms with Crippen molar-refractivity contribution < 1.29 is 14.6 Å². The number of rotatable bonds is 7. The number of aliphatic hydroxyl groups is 1. The molecule has 6 nitrogen and oxygen atoms in total. The van der Waals surface area contributed by atoms with Gasteiger partial charge in [0.05, 0.1) is 25.1 Å². The maximum absolute atomic E-state index is 13.1. The van der Waals surface area contributed by atoms with Gasteiger partial charge in [0, 0.05) is 29.7 Å².